The molecule has 1 aliphatic heterocycles. The smallest absolute Gasteiger partial charge is 0.359 e. The molecule has 3 rings (SSSR count). The first-order valence-corrected chi connectivity index (χ1v) is 9.85. The van der Waals surface area contributed by atoms with Gasteiger partial charge in [0.15, 0.2) is 15.5 Å². The van der Waals surface area contributed by atoms with Crippen LogP contribution >= 0.6 is 0 Å². The van der Waals surface area contributed by atoms with Gasteiger partial charge in [0.2, 0.25) is 0 Å². The summed E-state index contributed by atoms with van der Waals surface area (Å²) < 4.78 is 28.7. The summed E-state index contributed by atoms with van der Waals surface area (Å²) in [5.74, 6) is -0.600. The van der Waals surface area contributed by atoms with Crippen molar-refractivity contribution in [1.29, 1.82) is 0 Å². The molecular weight excluding hydrogens is 328 g/mol. The van der Waals surface area contributed by atoms with Gasteiger partial charge in [-0.2, -0.15) is 5.10 Å². The summed E-state index contributed by atoms with van der Waals surface area (Å²) >= 11 is 0. The molecule has 6 nitrogen and oxygen atoms in total. The minimum Gasteiger partial charge on any atom is -0.461 e. The summed E-state index contributed by atoms with van der Waals surface area (Å²) in [6.45, 7) is 0.306. The van der Waals surface area contributed by atoms with E-state index in [2.05, 4.69) is 22.3 Å². The van der Waals surface area contributed by atoms with Crippen molar-refractivity contribution in [3.8, 4) is 0 Å². The van der Waals surface area contributed by atoms with Gasteiger partial charge in [-0.3, -0.25) is 5.10 Å². The highest BCUT2D eigenvalue weighted by Crippen LogP contribution is 2.22. The zero-order valence-electron chi connectivity index (χ0n) is 13.3. The number of aromatic nitrogens is 2. The van der Waals surface area contributed by atoms with Gasteiger partial charge in [-0.15, -0.1) is 0 Å². The number of H-pyrrole nitrogens is 1. The van der Waals surface area contributed by atoms with Crippen molar-refractivity contribution >= 4 is 15.8 Å². The fourth-order valence-electron chi connectivity index (χ4n) is 2.79. The molecule has 0 radical (unpaired) electrons. The Kier molecular flexibility index (Phi) is 4.99. The second kappa shape index (κ2) is 7.17. The molecule has 2 heterocycles. The molecule has 1 aromatic heterocycles. The van der Waals surface area contributed by atoms with Crippen LogP contribution in [0.3, 0.4) is 0 Å². The first kappa shape index (κ1) is 16.7. The number of ether oxygens (including phenoxy) is 1. The second-order valence-corrected chi connectivity index (χ2v) is 8.13. The minimum absolute atomic E-state index is 0.0934. The molecule has 0 fully saturated rings. The average molecular weight is 348 g/mol. The van der Waals surface area contributed by atoms with Crippen molar-refractivity contribution < 1.29 is 17.9 Å². The standard InChI is InChI=1S/C17H20N2O4S/c20-17(23-10-5-4-8-13-6-2-1-3-7-13)16-14-12-24(21,22)11-9-15(14)18-19-16/h1-3,6-7H,4-5,8-12H2,(H,18,19). The van der Waals surface area contributed by atoms with E-state index in [1.807, 2.05) is 18.2 Å². The quantitative estimate of drug-likeness (QED) is 0.637. The van der Waals surface area contributed by atoms with E-state index in [0.29, 0.717) is 18.6 Å². The lowest BCUT2D eigenvalue weighted by Crippen LogP contribution is -2.20. The van der Waals surface area contributed by atoms with Crippen LogP contribution in [0, 0.1) is 0 Å². The van der Waals surface area contributed by atoms with Crippen LogP contribution in [0.1, 0.15) is 40.2 Å². The van der Waals surface area contributed by atoms with Crippen molar-refractivity contribution in [3.05, 3.63) is 52.8 Å². The number of benzene rings is 1. The molecular formula is C17H20N2O4S. The summed E-state index contributed by atoms with van der Waals surface area (Å²) in [5, 5.41) is 6.70. The number of fused-ring (bicyclic) bond motifs is 1. The molecule has 0 unspecified atom stereocenters. The number of sulfone groups is 1. The highest BCUT2D eigenvalue weighted by molar-refractivity contribution is 7.90. The summed E-state index contributed by atoms with van der Waals surface area (Å²) in [7, 11) is -3.15. The van der Waals surface area contributed by atoms with E-state index in [4.69, 9.17) is 4.74 Å². The SMILES string of the molecule is O=C(OCCCCc1ccccc1)c1n[nH]c2c1CS(=O)(=O)CC2. The van der Waals surface area contributed by atoms with Crippen molar-refractivity contribution in [2.24, 2.45) is 0 Å². The Labute approximate surface area is 141 Å². The predicted molar refractivity (Wildman–Crippen MR) is 89.4 cm³/mol. The summed E-state index contributed by atoms with van der Waals surface area (Å²) in [6, 6.07) is 10.1. The molecule has 7 heteroatoms. The number of carbonyl (C=O) groups excluding carboxylic acids is 1. The summed E-state index contributed by atoms with van der Waals surface area (Å²) in [5.41, 5.74) is 2.56. The highest BCUT2D eigenvalue weighted by Gasteiger charge is 2.29. The number of nitrogens with one attached hydrogen (secondary N) is 1. The van der Waals surface area contributed by atoms with E-state index in [1.165, 1.54) is 5.56 Å². The van der Waals surface area contributed by atoms with E-state index in [1.54, 1.807) is 0 Å². The van der Waals surface area contributed by atoms with E-state index in [9.17, 15) is 13.2 Å². The minimum atomic E-state index is -3.15. The van der Waals surface area contributed by atoms with E-state index in [0.717, 1.165) is 25.0 Å². The van der Waals surface area contributed by atoms with Crippen molar-refractivity contribution in [1.82, 2.24) is 10.2 Å². The normalized spacial score (nSPS) is 15.7. The number of nitrogens with zero attached hydrogens (tertiary/aromatic N) is 1. The predicted octanol–water partition coefficient (Wildman–Crippen LogP) is 2.06. The van der Waals surface area contributed by atoms with Gasteiger partial charge in [-0.1, -0.05) is 30.3 Å². The van der Waals surface area contributed by atoms with Crippen LogP contribution in [0.5, 0.6) is 0 Å². The van der Waals surface area contributed by atoms with E-state index >= 15 is 0 Å². The first-order chi connectivity index (χ1) is 11.6. The number of aryl methyl sites for hydroxylation is 2. The molecule has 1 aromatic carbocycles. The molecule has 0 saturated carbocycles. The molecule has 0 aliphatic carbocycles. The van der Waals surface area contributed by atoms with Gasteiger partial charge in [0.1, 0.15) is 0 Å². The van der Waals surface area contributed by atoms with Crippen LogP contribution < -0.4 is 0 Å². The monoisotopic (exact) mass is 348 g/mol. The zero-order chi connectivity index (χ0) is 17.0. The first-order valence-electron chi connectivity index (χ1n) is 8.03. The van der Waals surface area contributed by atoms with Crippen molar-refractivity contribution in [2.45, 2.75) is 31.4 Å². The fourth-order valence-corrected chi connectivity index (χ4v) is 4.20. The number of rotatable bonds is 6. The Morgan fingerprint density at radius 3 is 2.79 bits per heavy atom. The third kappa shape index (κ3) is 4.03. The molecule has 0 bridgehead atoms. The molecule has 2 aromatic rings. The summed E-state index contributed by atoms with van der Waals surface area (Å²) in [4.78, 5) is 12.1. The maximum atomic E-state index is 12.1. The number of unbranched alkanes of at least 4 members (excludes halogenated alkanes) is 1. The van der Waals surface area contributed by atoms with Gasteiger partial charge < -0.3 is 4.74 Å². The largest absolute Gasteiger partial charge is 0.461 e. The van der Waals surface area contributed by atoms with E-state index in [-0.39, 0.29) is 17.2 Å². The van der Waals surface area contributed by atoms with Crippen molar-refractivity contribution in [3.63, 3.8) is 0 Å². The molecule has 24 heavy (non-hydrogen) atoms. The maximum Gasteiger partial charge on any atom is 0.359 e. The molecule has 1 N–H and O–H groups in total. The molecule has 128 valence electrons. The van der Waals surface area contributed by atoms with Gasteiger partial charge in [0, 0.05) is 17.7 Å². The second-order valence-electron chi connectivity index (χ2n) is 5.95. The van der Waals surface area contributed by atoms with Gasteiger partial charge in [-0.25, -0.2) is 13.2 Å². The van der Waals surface area contributed by atoms with Crippen LogP contribution in [0.2, 0.25) is 0 Å². The van der Waals surface area contributed by atoms with Crippen LogP contribution in [-0.4, -0.2) is 36.9 Å². The Hall–Kier alpha value is -2.15. The number of hydrogen-bond acceptors (Lipinski definition) is 5. The Balaban J connectivity index is 1.49. The van der Waals surface area contributed by atoms with Gasteiger partial charge in [0.25, 0.3) is 0 Å². The molecule has 0 spiro atoms. The van der Waals surface area contributed by atoms with Crippen LogP contribution in [0.4, 0.5) is 0 Å². The Morgan fingerprint density at radius 2 is 2.00 bits per heavy atom. The molecule has 0 saturated heterocycles. The van der Waals surface area contributed by atoms with Crippen LogP contribution in [0.25, 0.3) is 0 Å². The van der Waals surface area contributed by atoms with Gasteiger partial charge in [-0.05, 0) is 24.8 Å². The molecule has 0 amide bonds. The van der Waals surface area contributed by atoms with E-state index < -0.39 is 15.8 Å². The Morgan fingerprint density at radius 1 is 1.21 bits per heavy atom. The van der Waals surface area contributed by atoms with Gasteiger partial charge in [0.05, 0.1) is 18.1 Å². The third-order valence-corrected chi connectivity index (χ3v) is 5.66. The number of carbonyl (C=O) groups is 1. The Bertz CT molecular complexity index is 812. The number of aromatic amines is 1. The van der Waals surface area contributed by atoms with Crippen LogP contribution in [-0.2, 0) is 33.2 Å². The van der Waals surface area contributed by atoms with Crippen molar-refractivity contribution in [2.75, 3.05) is 12.4 Å². The molecule has 1 aliphatic rings. The topological polar surface area (TPSA) is 89.1 Å². The number of esters is 1. The lowest BCUT2D eigenvalue weighted by atomic mass is 10.1. The highest BCUT2D eigenvalue weighted by atomic mass is 32.2. The lowest BCUT2D eigenvalue weighted by molar-refractivity contribution is 0.0490. The average Bonchev–Trinajstić information content (AvgIpc) is 2.97. The molecule has 0 atom stereocenters. The maximum absolute atomic E-state index is 12.1. The third-order valence-electron chi connectivity index (χ3n) is 4.11. The fraction of sp³-hybridized carbons (Fsp3) is 0.412. The zero-order valence-corrected chi connectivity index (χ0v) is 14.1. The number of hydrogen-bond donors (Lipinski definition) is 1. The van der Waals surface area contributed by atoms with Crippen LogP contribution in [0.15, 0.2) is 30.3 Å². The lowest BCUT2D eigenvalue weighted by Gasteiger charge is -2.12. The van der Waals surface area contributed by atoms with Gasteiger partial charge >= 0.3 is 5.97 Å². The summed E-state index contributed by atoms with van der Waals surface area (Å²) in [6.07, 6.45) is 2.99.